The largest absolute Gasteiger partial charge is 0.198 e. The maximum atomic E-state index is 2.46. The van der Waals surface area contributed by atoms with Gasteiger partial charge in [0.05, 0.1) is 0 Å². The summed E-state index contributed by atoms with van der Waals surface area (Å²) < 4.78 is 0. The Balaban J connectivity index is 1.73. The highest BCUT2D eigenvalue weighted by atomic mass is 14.4. The quantitative estimate of drug-likeness (QED) is 0.243. The summed E-state index contributed by atoms with van der Waals surface area (Å²) in [5.41, 5.74) is 9.60. The topological polar surface area (TPSA) is 0 Å². The molecule has 0 N–H and O–H groups in total. The molecule has 5 aromatic rings. The van der Waals surface area contributed by atoms with Crippen LogP contribution in [0.1, 0.15) is 38.8 Å². The van der Waals surface area contributed by atoms with Crippen molar-refractivity contribution in [2.24, 2.45) is 0 Å². The van der Waals surface area contributed by atoms with Crippen LogP contribution in [0.4, 0.5) is 0 Å². The monoisotopic (exact) mass is 450 g/mol. The maximum Gasteiger partial charge on any atom is 0.198 e. The third-order valence-electron chi connectivity index (χ3n) is 8.30. The maximum absolute atomic E-state index is 2.46. The standard InChI is InChI=1S/C34H31B/c1-33(2)29-22-11-18-26-19-12-23-30(31(26)29)34(3,4)35(33)32-27(24-14-7-5-8-15-24)20-13-21-28(32)25-16-9-6-10-17-25/h5-23H,1-4H3. The molecule has 0 nitrogen and oxygen atoms in total. The first-order valence-corrected chi connectivity index (χ1v) is 12.7. The Labute approximate surface area is 209 Å². The summed E-state index contributed by atoms with van der Waals surface area (Å²) in [6.45, 7) is 10.1. The summed E-state index contributed by atoms with van der Waals surface area (Å²) >= 11 is 0. The minimum Gasteiger partial charge on any atom is -0.0628 e. The van der Waals surface area contributed by atoms with Crippen molar-refractivity contribution >= 4 is 22.9 Å². The molecular weight excluding hydrogens is 419 g/mol. The molecule has 6 rings (SSSR count). The van der Waals surface area contributed by atoms with Gasteiger partial charge in [-0.15, -0.1) is 0 Å². The summed E-state index contributed by atoms with van der Waals surface area (Å²) in [5, 5.41) is 2.66. The minimum absolute atomic E-state index is 0.0637. The van der Waals surface area contributed by atoms with Crippen molar-refractivity contribution in [2.75, 3.05) is 0 Å². The molecule has 0 fully saturated rings. The lowest BCUT2D eigenvalue weighted by Crippen LogP contribution is -2.62. The van der Waals surface area contributed by atoms with Crippen LogP contribution in [0.2, 0.25) is 0 Å². The molecule has 1 aliphatic heterocycles. The van der Waals surface area contributed by atoms with Crippen LogP contribution in [0.5, 0.6) is 0 Å². The molecule has 1 heterocycles. The average molecular weight is 450 g/mol. The molecule has 0 saturated carbocycles. The number of hydrogen-bond acceptors (Lipinski definition) is 0. The zero-order valence-electron chi connectivity index (χ0n) is 21.0. The van der Waals surface area contributed by atoms with Gasteiger partial charge in [-0.2, -0.15) is 0 Å². The summed E-state index contributed by atoms with van der Waals surface area (Å²) in [5.74, 6) is 0. The van der Waals surface area contributed by atoms with Gasteiger partial charge in [-0.25, -0.2) is 0 Å². The van der Waals surface area contributed by atoms with Gasteiger partial charge in [0, 0.05) is 0 Å². The second-order valence-corrected chi connectivity index (χ2v) is 11.1. The van der Waals surface area contributed by atoms with Gasteiger partial charge in [0.25, 0.3) is 0 Å². The minimum atomic E-state index is -0.0637. The number of hydrogen-bond donors (Lipinski definition) is 0. The van der Waals surface area contributed by atoms with Crippen molar-refractivity contribution in [2.45, 2.75) is 38.3 Å². The van der Waals surface area contributed by atoms with Crippen molar-refractivity contribution in [1.82, 2.24) is 0 Å². The summed E-state index contributed by atoms with van der Waals surface area (Å²) in [4.78, 5) is 0. The van der Waals surface area contributed by atoms with Crippen LogP contribution in [-0.4, -0.2) is 6.71 Å². The Morgan fingerprint density at radius 3 is 1.34 bits per heavy atom. The Morgan fingerprint density at radius 2 is 0.886 bits per heavy atom. The third-order valence-corrected chi connectivity index (χ3v) is 8.30. The first kappa shape index (κ1) is 21.9. The van der Waals surface area contributed by atoms with E-state index in [4.69, 9.17) is 0 Å². The molecule has 5 aromatic carbocycles. The molecule has 35 heavy (non-hydrogen) atoms. The fraction of sp³-hybridized carbons (Fsp3) is 0.176. The van der Waals surface area contributed by atoms with E-state index in [1.807, 2.05) is 0 Å². The highest BCUT2D eigenvalue weighted by Crippen LogP contribution is 2.49. The molecule has 0 radical (unpaired) electrons. The Kier molecular flexibility index (Phi) is 5.00. The number of rotatable bonds is 3. The van der Waals surface area contributed by atoms with Crippen LogP contribution in [0.15, 0.2) is 115 Å². The highest BCUT2D eigenvalue weighted by Gasteiger charge is 2.52. The lowest BCUT2D eigenvalue weighted by atomic mass is 9.16. The van der Waals surface area contributed by atoms with Crippen molar-refractivity contribution in [3.8, 4) is 22.3 Å². The van der Waals surface area contributed by atoms with Gasteiger partial charge in [-0.1, -0.05) is 148 Å². The SMILES string of the molecule is CC1(C)B(c2c(-c3ccccc3)cccc2-c2ccccc2)C(C)(C)c2cccc3cccc1c23. The van der Waals surface area contributed by atoms with Gasteiger partial charge >= 0.3 is 0 Å². The van der Waals surface area contributed by atoms with Gasteiger partial charge in [0.2, 0.25) is 0 Å². The van der Waals surface area contributed by atoms with Gasteiger partial charge in [0.1, 0.15) is 0 Å². The number of benzene rings is 5. The second-order valence-electron chi connectivity index (χ2n) is 11.1. The highest BCUT2D eigenvalue weighted by molar-refractivity contribution is 6.81. The molecule has 1 heteroatoms. The average Bonchev–Trinajstić information content (AvgIpc) is 2.88. The van der Waals surface area contributed by atoms with Crippen molar-refractivity contribution in [3.05, 3.63) is 126 Å². The van der Waals surface area contributed by atoms with E-state index < -0.39 is 0 Å². The molecule has 0 aliphatic carbocycles. The third kappa shape index (κ3) is 3.29. The van der Waals surface area contributed by atoms with Crippen LogP contribution >= 0.6 is 0 Å². The van der Waals surface area contributed by atoms with Gasteiger partial charge < -0.3 is 0 Å². The fourth-order valence-electron chi connectivity index (χ4n) is 6.96. The predicted molar refractivity (Wildman–Crippen MR) is 153 cm³/mol. The van der Waals surface area contributed by atoms with Crippen molar-refractivity contribution in [3.63, 3.8) is 0 Å². The lowest BCUT2D eigenvalue weighted by Gasteiger charge is -2.49. The summed E-state index contributed by atoms with van der Waals surface area (Å²) in [6.07, 6.45) is 0. The van der Waals surface area contributed by atoms with Crippen LogP contribution in [0, 0.1) is 0 Å². The Bertz CT molecular complexity index is 1420. The normalized spacial score (nSPS) is 15.8. The van der Waals surface area contributed by atoms with E-state index in [9.17, 15) is 0 Å². The summed E-state index contributed by atoms with van der Waals surface area (Å²) in [6, 6.07) is 42.5. The Hall–Kier alpha value is -3.58. The first-order valence-electron chi connectivity index (χ1n) is 12.7. The van der Waals surface area contributed by atoms with Crippen LogP contribution in [0.25, 0.3) is 33.0 Å². The molecule has 170 valence electrons. The zero-order valence-corrected chi connectivity index (χ0v) is 21.0. The van der Waals surface area contributed by atoms with E-state index in [2.05, 4.69) is 143 Å². The molecule has 0 amide bonds. The zero-order chi connectivity index (χ0) is 24.2. The van der Waals surface area contributed by atoms with Gasteiger partial charge in [-0.3, -0.25) is 0 Å². The van der Waals surface area contributed by atoms with Gasteiger partial charge in [0.15, 0.2) is 6.71 Å². The molecule has 0 spiro atoms. The van der Waals surface area contributed by atoms with E-state index in [-0.39, 0.29) is 17.3 Å². The van der Waals surface area contributed by atoms with Gasteiger partial charge in [-0.05, 0) is 54.8 Å². The molecule has 0 saturated heterocycles. The van der Waals surface area contributed by atoms with Crippen LogP contribution in [0.3, 0.4) is 0 Å². The molecule has 0 aromatic heterocycles. The Morgan fingerprint density at radius 1 is 0.457 bits per heavy atom. The summed E-state index contributed by atoms with van der Waals surface area (Å²) in [7, 11) is 0. The van der Waals surface area contributed by atoms with Crippen molar-refractivity contribution < 1.29 is 0 Å². The molecule has 0 unspecified atom stereocenters. The van der Waals surface area contributed by atoms with E-state index in [0.717, 1.165) is 0 Å². The van der Waals surface area contributed by atoms with E-state index in [1.165, 1.54) is 49.6 Å². The fourth-order valence-corrected chi connectivity index (χ4v) is 6.96. The molecule has 0 bridgehead atoms. The van der Waals surface area contributed by atoms with Crippen LogP contribution < -0.4 is 5.46 Å². The second kappa shape index (κ2) is 7.99. The molecule has 1 aliphatic rings. The predicted octanol–water partition coefficient (Wildman–Crippen LogP) is 8.22. The molecule has 0 atom stereocenters. The first-order chi connectivity index (χ1) is 16.9. The van der Waals surface area contributed by atoms with Crippen LogP contribution in [-0.2, 0) is 10.6 Å². The molecular formula is C34H31B. The van der Waals surface area contributed by atoms with E-state index in [1.54, 1.807) is 0 Å². The lowest BCUT2D eigenvalue weighted by molar-refractivity contribution is 0.636. The van der Waals surface area contributed by atoms with E-state index in [0.29, 0.717) is 0 Å². The smallest absolute Gasteiger partial charge is 0.0628 e. The van der Waals surface area contributed by atoms with Crippen molar-refractivity contribution in [1.29, 1.82) is 0 Å². The van der Waals surface area contributed by atoms with E-state index >= 15 is 0 Å².